The topological polar surface area (TPSA) is 85.4 Å². The second-order valence-electron chi connectivity index (χ2n) is 5.46. The van der Waals surface area contributed by atoms with Crippen LogP contribution < -0.4 is 15.4 Å². The van der Waals surface area contributed by atoms with Gasteiger partial charge in [-0.2, -0.15) is 0 Å². The van der Waals surface area contributed by atoms with Gasteiger partial charge in [0.15, 0.2) is 0 Å². The lowest BCUT2D eigenvalue weighted by Gasteiger charge is -2.09. The average molecular weight is 344 g/mol. The molecule has 7 nitrogen and oxygen atoms in total. The van der Waals surface area contributed by atoms with Crippen LogP contribution in [0.2, 0.25) is 0 Å². The van der Waals surface area contributed by atoms with E-state index in [0.717, 1.165) is 12.2 Å². The fourth-order valence-electron chi connectivity index (χ4n) is 2.26. The molecule has 0 radical (unpaired) electrons. The lowest BCUT2D eigenvalue weighted by Crippen LogP contribution is -2.28. The summed E-state index contributed by atoms with van der Waals surface area (Å²) in [6.07, 6.45) is 0.836. The first-order valence-corrected chi connectivity index (χ1v) is 8.12. The summed E-state index contributed by atoms with van der Waals surface area (Å²) in [5.41, 5.74) is 1.53. The molecule has 1 aromatic carbocycles. The van der Waals surface area contributed by atoms with Gasteiger partial charge in [-0.3, -0.25) is 4.79 Å². The maximum absolute atomic E-state index is 12.1. The summed E-state index contributed by atoms with van der Waals surface area (Å²) in [5.74, 6) is 1.79. The summed E-state index contributed by atoms with van der Waals surface area (Å²) in [4.78, 5) is 20.6. The van der Waals surface area contributed by atoms with E-state index >= 15 is 0 Å². The standard InChI is InChI=1S/C18H24N4O3/c1-13-21-16(18(23)20-10-11-24-2)12-17(22-13)19-9-8-14-4-6-15(25-3)7-5-14/h4-7,12H,8-11H2,1-3H3,(H,20,23)(H,19,21,22). The van der Waals surface area contributed by atoms with Gasteiger partial charge in [0.2, 0.25) is 0 Å². The number of aromatic nitrogens is 2. The van der Waals surface area contributed by atoms with Gasteiger partial charge in [0.1, 0.15) is 23.1 Å². The highest BCUT2D eigenvalue weighted by atomic mass is 16.5. The van der Waals surface area contributed by atoms with Crippen molar-refractivity contribution in [3.63, 3.8) is 0 Å². The minimum absolute atomic E-state index is 0.235. The quantitative estimate of drug-likeness (QED) is 0.675. The van der Waals surface area contributed by atoms with Crippen molar-refractivity contribution in [1.82, 2.24) is 15.3 Å². The Morgan fingerprint density at radius 2 is 1.88 bits per heavy atom. The first kappa shape index (κ1) is 18.7. The van der Waals surface area contributed by atoms with Crippen LogP contribution in [0.15, 0.2) is 30.3 Å². The highest BCUT2D eigenvalue weighted by Crippen LogP contribution is 2.12. The van der Waals surface area contributed by atoms with Crippen molar-refractivity contribution in [3.05, 3.63) is 47.4 Å². The molecule has 25 heavy (non-hydrogen) atoms. The van der Waals surface area contributed by atoms with Gasteiger partial charge in [0.25, 0.3) is 5.91 Å². The molecular formula is C18H24N4O3. The monoisotopic (exact) mass is 344 g/mol. The SMILES string of the molecule is COCCNC(=O)c1cc(NCCc2ccc(OC)cc2)nc(C)n1. The number of benzene rings is 1. The zero-order valence-corrected chi connectivity index (χ0v) is 14.8. The molecule has 1 amide bonds. The minimum atomic E-state index is -0.235. The lowest BCUT2D eigenvalue weighted by molar-refractivity contribution is 0.0931. The first-order valence-electron chi connectivity index (χ1n) is 8.12. The van der Waals surface area contributed by atoms with Crippen LogP contribution in [-0.4, -0.2) is 49.8 Å². The molecule has 7 heteroatoms. The van der Waals surface area contributed by atoms with E-state index in [-0.39, 0.29) is 5.91 Å². The first-order chi connectivity index (χ1) is 12.1. The summed E-state index contributed by atoms with van der Waals surface area (Å²) >= 11 is 0. The molecule has 1 heterocycles. The molecule has 1 aromatic heterocycles. The number of rotatable bonds is 9. The second kappa shape index (κ2) is 9.58. The van der Waals surface area contributed by atoms with Crippen molar-refractivity contribution in [1.29, 1.82) is 0 Å². The van der Waals surface area contributed by atoms with Crippen molar-refractivity contribution in [3.8, 4) is 5.75 Å². The fourth-order valence-corrected chi connectivity index (χ4v) is 2.26. The van der Waals surface area contributed by atoms with E-state index in [1.54, 1.807) is 27.2 Å². The molecule has 0 aliphatic rings. The molecular weight excluding hydrogens is 320 g/mol. The predicted molar refractivity (Wildman–Crippen MR) is 96.2 cm³/mol. The molecule has 0 aliphatic heterocycles. The zero-order valence-electron chi connectivity index (χ0n) is 14.8. The Bertz CT molecular complexity index is 689. The van der Waals surface area contributed by atoms with Crippen LogP contribution in [0, 0.1) is 6.92 Å². The molecule has 0 saturated heterocycles. The molecule has 2 N–H and O–H groups in total. The number of carbonyl (C=O) groups is 1. The average Bonchev–Trinajstić information content (AvgIpc) is 2.62. The van der Waals surface area contributed by atoms with Gasteiger partial charge in [-0.05, 0) is 31.0 Å². The third kappa shape index (κ3) is 6.04. The number of hydrogen-bond acceptors (Lipinski definition) is 6. The van der Waals surface area contributed by atoms with Gasteiger partial charge in [0.05, 0.1) is 13.7 Å². The summed E-state index contributed by atoms with van der Waals surface area (Å²) in [6, 6.07) is 9.59. The Labute approximate surface area is 147 Å². The largest absolute Gasteiger partial charge is 0.497 e. The Hall–Kier alpha value is -2.67. The van der Waals surface area contributed by atoms with Crippen LogP contribution in [-0.2, 0) is 11.2 Å². The summed E-state index contributed by atoms with van der Waals surface area (Å²) < 4.78 is 10.1. The van der Waals surface area contributed by atoms with E-state index in [0.29, 0.717) is 37.0 Å². The molecule has 2 rings (SSSR count). The number of carbonyl (C=O) groups excluding carboxylic acids is 1. The molecule has 2 aromatic rings. The smallest absolute Gasteiger partial charge is 0.270 e. The Morgan fingerprint density at radius 1 is 1.12 bits per heavy atom. The van der Waals surface area contributed by atoms with Gasteiger partial charge in [-0.1, -0.05) is 12.1 Å². The fraction of sp³-hybridized carbons (Fsp3) is 0.389. The number of nitrogens with zero attached hydrogens (tertiary/aromatic N) is 2. The predicted octanol–water partition coefficient (Wildman–Crippen LogP) is 1.82. The maximum atomic E-state index is 12.1. The van der Waals surface area contributed by atoms with E-state index < -0.39 is 0 Å². The Morgan fingerprint density at radius 3 is 2.56 bits per heavy atom. The van der Waals surface area contributed by atoms with Crippen molar-refractivity contribution in [2.45, 2.75) is 13.3 Å². The number of amides is 1. The van der Waals surface area contributed by atoms with Gasteiger partial charge in [-0.15, -0.1) is 0 Å². The Kier molecular flexibility index (Phi) is 7.16. The van der Waals surface area contributed by atoms with E-state index in [1.165, 1.54) is 5.56 Å². The summed E-state index contributed by atoms with van der Waals surface area (Å²) in [7, 11) is 3.24. The lowest BCUT2D eigenvalue weighted by atomic mass is 10.1. The highest BCUT2D eigenvalue weighted by Gasteiger charge is 2.10. The molecule has 0 spiro atoms. The molecule has 0 saturated carbocycles. The highest BCUT2D eigenvalue weighted by molar-refractivity contribution is 5.92. The number of hydrogen-bond donors (Lipinski definition) is 2. The molecule has 0 fully saturated rings. The van der Waals surface area contributed by atoms with Crippen LogP contribution in [0.1, 0.15) is 21.9 Å². The van der Waals surface area contributed by atoms with Crippen LogP contribution in [0.3, 0.4) is 0 Å². The third-order valence-electron chi connectivity index (χ3n) is 3.54. The Balaban J connectivity index is 1.91. The minimum Gasteiger partial charge on any atom is -0.497 e. The summed E-state index contributed by atoms with van der Waals surface area (Å²) in [5, 5.41) is 5.99. The third-order valence-corrected chi connectivity index (χ3v) is 3.54. The molecule has 0 unspecified atom stereocenters. The number of aryl methyl sites for hydroxylation is 1. The zero-order chi connectivity index (χ0) is 18.1. The van der Waals surface area contributed by atoms with E-state index in [2.05, 4.69) is 20.6 Å². The number of nitrogens with one attached hydrogen (secondary N) is 2. The van der Waals surface area contributed by atoms with Gasteiger partial charge >= 0.3 is 0 Å². The molecule has 0 bridgehead atoms. The maximum Gasteiger partial charge on any atom is 0.270 e. The van der Waals surface area contributed by atoms with Crippen LogP contribution in [0.5, 0.6) is 5.75 Å². The van der Waals surface area contributed by atoms with Crippen LogP contribution >= 0.6 is 0 Å². The number of anilines is 1. The van der Waals surface area contributed by atoms with Gasteiger partial charge in [0, 0.05) is 26.3 Å². The summed E-state index contributed by atoms with van der Waals surface area (Å²) in [6.45, 7) is 3.37. The van der Waals surface area contributed by atoms with Gasteiger partial charge in [-0.25, -0.2) is 9.97 Å². The normalized spacial score (nSPS) is 10.4. The number of methoxy groups -OCH3 is 2. The van der Waals surface area contributed by atoms with E-state index in [9.17, 15) is 4.79 Å². The van der Waals surface area contributed by atoms with Gasteiger partial charge < -0.3 is 20.1 Å². The van der Waals surface area contributed by atoms with Crippen LogP contribution in [0.4, 0.5) is 5.82 Å². The second-order valence-corrected chi connectivity index (χ2v) is 5.46. The van der Waals surface area contributed by atoms with E-state index in [4.69, 9.17) is 9.47 Å². The number of ether oxygens (including phenoxy) is 2. The molecule has 0 atom stereocenters. The van der Waals surface area contributed by atoms with Crippen molar-refractivity contribution < 1.29 is 14.3 Å². The van der Waals surface area contributed by atoms with Crippen molar-refractivity contribution >= 4 is 11.7 Å². The molecule has 0 aliphatic carbocycles. The van der Waals surface area contributed by atoms with E-state index in [1.807, 2.05) is 24.3 Å². The van der Waals surface area contributed by atoms with Crippen LogP contribution in [0.25, 0.3) is 0 Å². The van der Waals surface area contributed by atoms with Crippen molar-refractivity contribution in [2.75, 3.05) is 39.2 Å². The van der Waals surface area contributed by atoms with Crippen molar-refractivity contribution in [2.24, 2.45) is 0 Å². The molecule has 134 valence electrons.